The summed E-state index contributed by atoms with van der Waals surface area (Å²) in [7, 11) is -1.34. The van der Waals surface area contributed by atoms with Crippen molar-refractivity contribution in [2.24, 2.45) is 0 Å². The molecule has 0 aromatic heterocycles. The third-order valence-electron chi connectivity index (χ3n) is 9.13. The molecule has 0 heterocycles. The van der Waals surface area contributed by atoms with Gasteiger partial charge >= 0.3 is 19.5 Å². The molecule has 0 N–H and O–H groups in total. The van der Waals surface area contributed by atoms with Gasteiger partial charge in [0.15, 0.2) is 0 Å². The summed E-state index contributed by atoms with van der Waals surface area (Å²) in [6.45, 7) is 0. The Morgan fingerprint density at radius 3 is 0.310 bits per heavy atom. The first kappa shape index (κ1) is 42.5. The van der Waals surface area contributed by atoms with Gasteiger partial charge in [0.25, 0.3) is 0 Å². The Morgan fingerprint density at radius 2 is 0.224 bits per heavy atom. The van der Waals surface area contributed by atoms with Gasteiger partial charge in [0.2, 0.25) is 0 Å². The summed E-state index contributed by atoms with van der Waals surface area (Å²) in [6, 6.07) is 97.0. The maximum Gasteiger partial charge on any atom is 2.00 e. The largest absolute Gasteiger partial charge is 2.00 e. The molecule has 0 aliphatic carbocycles. The van der Waals surface area contributed by atoms with Crippen molar-refractivity contribution in [2.45, 2.75) is 0 Å². The summed E-state index contributed by atoms with van der Waals surface area (Å²) < 4.78 is 0. The minimum Gasteiger partial charge on any atom is -0.0622 e. The molecule has 9 rings (SSSR count). The van der Waals surface area contributed by atoms with Gasteiger partial charge < -0.3 is 0 Å². The molecule has 58 heavy (non-hydrogen) atoms. The van der Waals surface area contributed by atoms with Crippen LogP contribution in [0.3, 0.4) is 0 Å². The Hall–Kier alpha value is -5.11. The molecular formula is C54H45P3Ru+2. The number of benzene rings is 9. The second-order valence-corrected chi connectivity index (χ2v) is 19.7. The maximum atomic E-state index is 2.23. The van der Waals surface area contributed by atoms with Crippen molar-refractivity contribution in [3.63, 3.8) is 0 Å². The molecule has 0 aliphatic heterocycles. The van der Waals surface area contributed by atoms with Crippen molar-refractivity contribution < 1.29 is 19.5 Å². The van der Waals surface area contributed by atoms with Gasteiger partial charge in [-0.1, -0.05) is 273 Å². The molecule has 9 aromatic rings. The van der Waals surface area contributed by atoms with Crippen LogP contribution in [0.15, 0.2) is 273 Å². The van der Waals surface area contributed by atoms with E-state index in [9.17, 15) is 0 Å². The summed E-state index contributed by atoms with van der Waals surface area (Å²) in [5, 5.41) is 12.6. The van der Waals surface area contributed by atoms with Crippen LogP contribution in [0.1, 0.15) is 0 Å². The fourth-order valence-electron chi connectivity index (χ4n) is 6.54. The Morgan fingerprint density at radius 1 is 0.138 bits per heavy atom. The van der Waals surface area contributed by atoms with E-state index in [0.29, 0.717) is 0 Å². The number of hydrogen-bond donors (Lipinski definition) is 0. The third-order valence-corrected chi connectivity index (χ3v) is 16.5. The van der Waals surface area contributed by atoms with Gasteiger partial charge in [-0.2, -0.15) is 0 Å². The zero-order valence-corrected chi connectivity index (χ0v) is 36.6. The fourth-order valence-corrected chi connectivity index (χ4v) is 13.5. The van der Waals surface area contributed by atoms with E-state index >= 15 is 0 Å². The molecule has 0 spiro atoms. The average molecular weight is 888 g/mol. The molecule has 4 heteroatoms. The smallest absolute Gasteiger partial charge is 0.0622 e. The van der Waals surface area contributed by atoms with Crippen molar-refractivity contribution in [1.29, 1.82) is 0 Å². The first-order chi connectivity index (χ1) is 28.3. The molecule has 0 nitrogen and oxygen atoms in total. The predicted molar refractivity (Wildman–Crippen MR) is 255 cm³/mol. The predicted octanol–water partition coefficient (Wildman–Crippen LogP) is 10.3. The van der Waals surface area contributed by atoms with Crippen molar-refractivity contribution in [3.05, 3.63) is 273 Å². The van der Waals surface area contributed by atoms with E-state index in [4.69, 9.17) is 0 Å². The Bertz CT molecular complexity index is 1860. The van der Waals surface area contributed by atoms with Crippen LogP contribution in [0.5, 0.6) is 0 Å². The van der Waals surface area contributed by atoms with Crippen molar-refractivity contribution in [3.8, 4) is 0 Å². The fraction of sp³-hybridized carbons (Fsp3) is 0. The van der Waals surface area contributed by atoms with Gasteiger partial charge in [0.1, 0.15) is 0 Å². The second kappa shape index (κ2) is 23.3. The summed E-state index contributed by atoms with van der Waals surface area (Å²) >= 11 is 0. The first-order valence-electron chi connectivity index (χ1n) is 19.2. The van der Waals surface area contributed by atoms with Crippen LogP contribution >= 0.6 is 23.8 Å². The van der Waals surface area contributed by atoms with Crippen LogP contribution in [-0.2, 0) is 19.5 Å². The van der Waals surface area contributed by atoms with Gasteiger partial charge in [0.05, 0.1) is 0 Å². The van der Waals surface area contributed by atoms with E-state index in [1.807, 2.05) is 0 Å². The molecule has 9 aromatic carbocycles. The number of rotatable bonds is 9. The molecule has 0 unspecified atom stereocenters. The molecule has 0 radical (unpaired) electrons. The monoisotopic (exact) mass is 888 g/mol. The second-order valence-electron chi connectivity index (χ2n) is 13.0. The standard InChI is InChI=1S/3C18H15P.Ru/c3*1-4-10-16(11-5-1)19(17-12-6-2-7-13-17)18-14-8-3-9-15-18;/h3*1-15H;/q;;;+2. The van der Waals surface area contributed by atoms with Gasteiger partial charge in [-0.3, -0.25) is 0 Å². The van der Waals surface area contributed by atoms with E-state index in [1.54, 1.807) is 0 Å². The topological polar surface area (TPSA) is 0 Å². The third kappa shape index (κ3) is 12.0. The van der Waals surface area contributed by atoms with Gasteiger partial charge in [-0.05, 0) is 71.5 Å². The van der Waals surface area contributed by atoms with Gasteiger partial charge in [-0.15, -0.1) is 0 Å². The van der Waals surface area contributed by atoms with E-state index in [0.717, 1.165) is 0 Å². The van der Waals surface area contributed by atoms with Crippen LogP contribution in [0.4, 0.5) is 0 Å². The molecule has 0 aliphatic rings. The van der Waals surface area contributed by atoms with Crippen molar-refractivity contribution >= 4 is 71.5 Å². The van der Waals surface area contributed by atoms with Crippen molar-refractivity contribution in [2.75, 3.05) is 0 Å². The zero-order valence-electron chi connectivity index (χ0n) is 32.2. The molecule has 0 atom stereocenters. The minimum absolute atomic E-state index is 0. The summed E-state index contributed by atoms with van der Waals surface area (Å²) in [5.41, 5.74) is 0. The first-order valence-corrected chi connectivity index (χ1v) is 23.2. The van der Waals surface area contributed by atoms with Crippen LogP contribution in [0.25, 0.3) is 0 Å². The van der Waals surface area contributed by atoms with Crippen LogP contribution in [0.2, 0.25) is 0 Å². The molecule has 0 bridgehead atoms. The van der Waals surface area contributed by atoms with E-state index in [2.05, 4.69) is 273 Å². The van der Waals surface area contributed by atoms with E-state index in [1.165, 1.54) is 47.7 Å². The number of hydrogen-bond acceptors (Lipinski definition) is 0. The Balaban J connectivity index is 0.000000145. The summed E-state index contributed by atoms with van der Waals surface area (Å²) in [6.07, 6.45) is 0. The van der Waals surface area contributed by atoms with Gasteiger partial charge in [-0.25, -0.2) is 0 Å². The maximum absolute atomic E-state index is 2.23. The Labute approximate surface area is 361 Å². The van der Waals surface area contributed by atoms with Crippen LogP contribution in [-0.4, -0.2) is 0 Å². The zero-order chi connectivity index (χ0) is 38.7. The minimum atomic E-state index is -0.446. The SMILES string of the molecule is [Ru+2].c1ccc(P(c2ccccc2)c2ccccc2)cc1.c1ccc(P(c2ccccc2)c2ccccc2)cc1.c1ccc(P(c2ccccc2)c2ccccc2)cc1. The molecule has 0 fully saturated rings. The van der Waals surface area contributed by atoms with E-state index in [-0.39, 0.29) is 19.5 Å². The quantitative estimate of drug-likeness (QED) is 0.100. The van der Waals surface area contributed by atoms with Crippen LogP contribution in [0, 0.1) is 0 Å². The molecule has 282 valence electrons. The van der Waals surface area contributed by atoms with E-state index < -0.39 is 23.8 Å². The molecule has 0 saturated carbocycles. The Kier molecular flexibility index (Phi) is 17.1. The molecule has 0 saturated heterocycles. The van der Waals surface area contributed by atoms with Crippen LogP contribution < -0.4 is 47.7 Å². The molecular weight excluding hydrogens is 843 g/mol. The van der Waals surface area contributed by atoms with Crippen molar-refractivity contribution in [1.82, 2.24) is 0 Å². The van der Waals surface area contributed by atoms with Gasteiger partial charge in [0, 0.05) is 0 Å². The molecule has 0 amide bonds. The average Bonchev–Trinajstić information content (AvgIpc) is 3.30. The normalized spacial score (nSPS) is 10.4. The summed E-state index contributed by atoms with van der Waals surface area (Å²) in [5.74, 6) is 0. The summed E-state index contributed by atoms with van der Waals surface area (Å²) in [4.78, 5) is 0.